The molecule has 0 aliphatic rings. The van der Waals surface area contributed by atoms with Crippen molar-refractivity contribution >= 4 is 27.9 Å². The van der Waals surface area contributed by atoms with Crippen molar-refractivity contribution < 1.29 is 19.4 Å². The van der Waals surface area contributed by atoms with Crippen molar-refractivity contribution in [3.63, 3.8) is 0 Å². The van der Waals surface area contributed by atoms with E-state index in [1.54, 1.807) is 0 Å². The molecule has 0 bridgehead atoms. The first-order valence-corrected chi connectivity index (χ1v) is 7.17. The van der Waals surface area contributed by atoms with Gasteiger partial charge in [0.25, 0.3) is 0 Å². The molecule has 0 saturated heterocycles. The third-order valence-corrected chi connectivity index (χ3v) is 3.09. The number of pyridine rings is 1. The Kier molecular flexibility index (Phi) is 7.70. The molecule has 0 spiro atoms. The van der Waals surface area contributed by atoms with Gasteiger partial charge in [-0.1, -0.05) is 6.07 Å². The lowest BCUT2D eigenvalue weighted by Gasteiger charge is -2.18. The summed E-state index contributed by atoms with van der Waals surface area (Å²) in [4.78, 5) is 27.9. The Morgan fingerprint density at radius 1 is 1.48 bits per heavy atom. The average molecular weight is 360 g/mol. The number of nitrogens with one attached hydrogen (secondary N) is 1. The lowest BCUT2D eigenvalue weighted by atomic mass is 10.2. The van der Waals surface area contributed by atoms with Gasteiger partial charge in [0.1, 0.15) is 17.9 Å². The largest absolute Gasteiger partial charge is 0.465 e. The van der Waals surface area contributed by atoms with Crippen LogP contribution in [0.15, 0.2) is 22.8 Å². The number of hydrogen-bond donors (Lipinski definition) is 2. The zero-order chi connectivity index (χ0) is 15.7. The van der Waals surface area contributed by atoms with Crippen molar-refractivity contribution in [3.8, 4) is 0 Å². The van der Waals surface area contributed by atoms with E-state index in [0.717, 1.165) is 15.2 Å². The minimum Gasteiger partial charge on any atom is -0.465 e. The van der Waals surface area contributed by atoms with Crippen LogP contribution in [0.1, 0.15) is 12.1 Å². The highest BCUT2D eigenvalue weighted by Gasteiger charge is 2.15. The summed E-state index contributed by atoms with van der Waals surface area (Å²) in [5.41, 5.74) is 0.874. The van der Waals surface area contributed by atoms with Crippen LogP contribution in [0.2, 0.25) is 0 Å². The maximum absolute atomic E-state index is 11.5. The second-order valence-corrected chi connectivity index (χ2v) is 5.10. The summed E-state index contributed by atoms with van der Waals surface area (Å²) >= 11 is 3.28. The number of hydrogen-bond acceptors (Lipinski definition) is 4. The molecule has 0 fully saturated rings. The second-order valence-electron chi connectivity index (χ2n) is 4.29. The summed E-state index contributed by atoms with van der Waals surface area (Å²) in [5.74, 6) is -0.389. The highest BCUT2D eigenvalue weighted by atomic mass is 79.9. The summed E-state index contributed by atoms with van der Waals surface area (Å²) in [5, 5.41) is 11.5. The molecule has 0 radical (unpaired) electrons. The molecule has 8 heteroatoms. The van der Waals surface area contributed by atoms with Gasteiger partial charge in [0.15, 0.2) is 0 Å². The van der Waals surface area contributed by atoms with Gasteiger partial charge in [0.2, 0.25) is 5.91 Å². The van der Waals surface area contributed by atoms with Crippen LogP contribution in [0, 0.1) is 0 Å². The van der Waals surface area contributed by atoms with Crippen LogP contribution in [0.4, 0.5) is 4.79 Å². The van der Waals surface area contributed by atoms with Crippen LogP contribution in [0.25, 0.3) is 0 Å². The van der Waals surface area contributed by atoms with Gasteiger partial charge in [-0.05, 0) is 40.9 Å². The van der Waals surface area contributed by atoms with Gasteiger partial charge in [-0.15, -0.1) is 0 Å². The Morgan fingerprint density at radius 3 is 2.86 bits per heavy atom. The van der Waals surface area contributed by atoms with Crippen molar-refractivity contribution in [3.05, 3.63) is 28.5 Å². The van der Waals surface area contributed by atoms with Crippen molar-refractivity contribution in [2.75, 3.05) is 26.9 Å². The number of methoxy groups -OCH3 is 1. The molecule has 0 atom stereocenters. The van der Waals surface area contributed by atoms with E-state index >= 15 is 0 Å². The smallest absolute Gasteiger partial charge is 0.407 e. The van der Waals surface area contributed by atoms with Crippen LogP contribution in [-0.2, 0) is 16.0 Å². The van der Waals surface area contributed by atoms with Crippen molar-refractivity contribution in [2.24, 2.45) is 0 Å². The monoisotopic (exact) mass is 359 g/mol. The lowest BCUT2D eigenvalue weighted by molar-refractivity contribution is -0.123. The first-order valence-electron chi connectivity index (χ1n) is 6.38. The quantitative estimate of drug-likeness (QED) is 0.541. The SMILES string of the molecule is COCNC(=O)CN(CCCc1cccc(Br)n1)C(=O)O. The first kappa shape index (κ1) is 17.4. The van der Waals surface area contributed by atoms with Gasteiger partial charge in [-0.2, -0.15) is 0 Å². The summed E-state index contributed by atoms with van der Waals surface area (Å²) in [6.45, 7) is 0.128. The Bertz CT molecular complexity index is 484. The number of rotatable bonds is 8. The number of ether oxygens (including phenoxy) is 1. The van der Waals surface area contributed by atoms with E-state index in [1.807, 2.05) is 18.2 Å². The maximum Gasteiger partial charge on any atom is 0.407 e. The molecule has 21 heavy (non-hydrogen) atoms. The molecule has 0 aliphatic heterocycles. The van der Waals surface area contributed by atoms with Crippen molar-refractivity contribution in [1.29, 1.82) is 0 Å². The maximum atomic E-state index is 11.5. The highest BCUT2D eigenvalue weighted by Crippen LogP contribution is 2.08. The average Bonchev–Trinajstić information content (AvgIpc) is 2.44. The van der Waals surface area contributed by atoms with Crippen LogP contribution < -0.4 is 5.32 Å². The third-order valence-electron chi connectivity index (χ3n) is 2.65. The number of aromatic nitrogens is 1. The van der Waals surface area contributed by atoms with Gasteiger partial charge in [-0.25, -0.2) is 9.78 Å². The normalized spacial score (nSPS) is 10.2. The fourth-order valence-electron chi connectivity index (χ4n) is 1.66. The number of amides is 2. The Balaban J connectivity index is 2.41. The Hall–Kier alpha value is -1.67. The topological polar surface area (TPSA) is 91.8 Å². The van der Waals surface area contributed by atoms with E-state index in [1.165, 1.54) is 7.11 Å². The van der Waals surface area contributed by atoms with E-state index < -0.39 is 6.09 Å². The number of carbonyl (C=O) groups is 2. The zero-order valence-corrected chi connectivity index (χ0v) is 13.3. The number of carboxylic acid groups (broad SMARTS) is 1. The number of carbonyl (C=O) groups excluding carboxylic acids is 1. The number of halogens is 1. The summed E-state index contributed by atoms with van der Waals surface area (Å²) in [6.07, 6.45) is 0.112. The van der Waals surface area contributed by atoms with Crippen LogP contribution in [0.5, 0.6) is 0 Å². The number of nitrogens with zero attached hydrogens (tertiary/aromatic N) is 2. The fraction of sp³-hybridized carbons (Fsp3) is 0.462. The van der Waals surface area contributed by atoms with E-state index in [0.29, 0.717) is 12.8 Å². The van der Waals surface area contributed by atoms with Gasteiger partial charge >= 0.3 is 6.09 Å². The lowest BCUT2D eigenvalue weighted by Crippen LogP contribution is -2.41. The molecule has 1 rings (SSSR count). The fourth-order valence-corrected chi connectivity index (χ4v) is 2.05. The minimum absolute atomic E-state index is 0.0637. The Morgan fingerprint density at radius 2 is 2.24 bits per heavy atom. The van der Waals surface area contributed by atoms with Crippen molar-refractivity contribution in [2.45, 2.75) is 12.8 Å². The van der Waals surface area contributed by atoms with Gasteiger partial charge in [0, 0.05) is 19.3 Å². The molecule has 7 nitrogen and oxygen atoms in total. The molecule has 116 valence electrons. The molecule has 0 aromatic carbocycles. The molecule has 1 aromatic heterocycles. The molecule has 0 unspecified atom stereocenters. The van der Waals surface area contributed by atoms with Crippen molar-refractivity contribution in [1.82, 2.24) is 15.2 Å². The molecule has 1 heterocycles. The van der Waals surface area contributed by atoms with Crippen LogP contribution in [0.3, 0.4) is 0 Å². The van der Waals surface area contributed by atoms with E-state index in [9.17, 15) is 9.59 Å². The summed E-state index contributed by atoms with van der Waals surface area (Å²) in [6, 6.07) is 5.58. The second kappa shape index (κ2) is 9.30. The summed E-state index contributed by atoms with van der Waals surface area (Å²) < 4.78 is 5.44. The molecule has 1 aromatic rings. The number of aryl methyl sites for hydroxylation is 1. The van der Waals surface area contributed by atoms with Gasteiger partial charge < -0.3 is 15.2 Å². The third kappa shape index (κ3) is 7.05. The van der Waals surface area contributed by atoms with Gasteiger partial charge in [0.05, 0.1) is 0 Å². The highest BCUT2D eigenvalue weighted by molar-refractivity contribution is 9.10. The molecule has 2 N–H and O–H groups in total. The molecule has 2 amide bonds. The molecule has 0 saturated carbocycles. The van der Waals surface area contributed by atoms with Crippen LogP contribution >= 0.6 is 15.9 Å². The summed E-state index contributed by atoms with van der Waals surface area (Å²) in [7, 11) is 1.44. The standard InChI is InChI=1S/C13H18BrN3O4/c1-21-9-15-12(18)8-17(13(19)20)7-3-5-10-4-2-6-11(14)16-10/h2,4,6H,3,5,7-9H2,1H3,(H,15,18)(H,19,20). The predicted octanol–water partition coefficient (Wildman–Crippen LogP) is 1.48. The zero-order valence-electron chi connectivity index (χ0n) is 11.7. The van der Waals surface area contributed by atoms with Gasteiger partial charge in [-0.3, -0.25) is 9.69 Å². The molecule has 0 aliphatic carbocycles. The molecular formula is C13H18BrN3O4. The van der Waals surface area contributed by atoms with E-state index in [2.05, 4.69) is 26.2 Å². The van der Waals surface area contributed by atoms with Crippen LogP contribution in [-0.4, -0.2) is 53.9 Å². The van der Waals surface area contributed by atoms with E-state index in [-0.39, 0.29) is 25.7 Å². The Labute approximate surface area is 131 Å². The molecular weight excluding hydrogens is 342 g/mol. The van der Waals surface area contributed by atoms with E-state index in [4.69, 9.17) is 9.84 Å². The minimum atomic E-state index is -1.12. The first-order chi connectivity index (χ1) is 10.0. The predicted molar refractivity (Wildman–Crippen MR) is 79.9 cm³/mol.